The lowest BCUT2D eigenvalue weighted by atomic mass is 9.64. The van der Waals surface area contributed by atoms with Crippen LogP contribution in [0.15, 0.2) is 4.79 Å². The Hall–Kier alpha value is -1.63. The maximum atomic E-state index is 12.5. The van der Waals surface area contributed by atoms with Gasteiger partial charge >= 0.3 is 5.69 Å². The van der Waals surface area contributed by atoms with E-state index in [1.54, 1.807) is 9.25 Å². The second kappa shape index (κ2) is 6.94. The Morgan fingerprint density at radius 1 is 1.32 bits per heavy atom. The van der Waals surface area contributed by atoms with E-state index < -0.39 is 0 Å². The van der Waals surface area contributed by atoms with Crippen LogP contribution >= 0.6 is 0 Å². The van der Waals surface area contributed by atoms with E-state index in [4.69, 9.17) is 0 Å². The summed E-state index contributed by atoms with van der Waals surface area (Å²) in [4.78, 5) is 26.9. The second-order valence-electron chi connectivity index (χ2n) is 8.68. The van der Waals surface area contributed by atoms with Crippen LogP contribution in [0.2, 0.25) is 0 Å². The number of aryl methyl sites for hydroxylation is 1. The van der Waals surface area contributed by atoms with Gasteiger partial charge in [0.1, 0.15) is 5.82 Å². The fourth-order valence-corrected chi connectivity index (χ4v) is 3.99. The SMILES string of the molecule is CN(C)CCn1nc2n(c1=O)CCC(NC(=O)C1CC(C)(C)C1)CC2. The Balaban J connectivity index is 1.56. The van der Waals surface area contributed by atoms with Crippen LogP contribution in [0.3, 0.4) is 0 Å². The van der Waals surface area contributed by atoms with E-state index in [1.807, 2.05) is 19.0 Å². The molecule has 0 spiro atoms. The Bertz CT molecular complexity index is 680. The molecule has 2 heterocycles. The van der Waals surface area contributed by atoms with Crippen LogP contribution in [0, 0.1) is 11.3 Å². The van der Waals surface area contributed by atoms with Crippen molar-refractivity contribution in [3.8, 4) is 0 Å². The van der Waals surface area contributed by atoms with E-state index in [1.165, 1.54) is 0 Å². The van der Waals surface area contributed by atoms with Gasteiger partial charge in [-0.25, -0.2) is 9.48 Å². The summed E-state index contributed by atoms with van der Waals surface area (Å²) >= 11 is 0. The molecule has 0 aromatic carbocycles. The number of hydrogen-bond donors (Lipinski definition) is 1. The monoisotopic (exact) mass is 349 g/mol. The summed E-state index contributed by atoms with van der Waals surface area (Å²) in [5.41, 5.74) is 0.287. The van der Waals surface area contributed by atoms with Crippen LogP contribution in [0.1, 0.15) is 45.4 Å². The van der Waals surface area contributed by atoms with E-state index in [-0.39, 0.29) is 23.6 Å². The molecule has 1 unspecified atom stereocenters. The van der Waals surface area contributed by atoms with E-state index in [2.05, 4.69) is 24.3 Å². The van der Waals surface area contributed by atoms with Gasteiger partial charge in [-0.15, -0.1) is 0 Å². The highest BCUT2D eigenvalue weighted by Crippen LogP contribution is 2.44. The normalized spacial score (nSPS) is 23.0. The third-order valence-corrected chi connectivity index (χ3v) is 5.49. The molecule has 1 aromatic rings. The highest BCUT2D eigenvalue weighted by molar-refractivity contribution is 5.80. The molecule has 2 aliphatic rings. The first kappa shape index (κ1) is 18.2. The van der Waals surface area contributed by atoms with Gasteiger partial charge in [-0.1, -0.05) is 13.8 Å². The van der Waals surface area contributed by atoms with Crippen molar-refractivity contribution >= 4 is 5.91 Å². The average molecular weight is 349 g/mol. The largest absolute Gasteiger partial charge is 0.353 e. The molecule has 7 heteroatoms. The van der Waals surface area contributed by atoms with Gasteiger partial charge in [0, 0.05) is 31.5 Å². The first-order valence-corrected chi connectivity index (χ1v) is 9.37. The predicted octanol–water partition coefficient (Wildman–Crippen LogP) is 0.864. The first-order valence-electron chi connectivity index (χ1n) is 9.37. The van der Waals surface area contributed by atoms with Crippen LogP contribution in [-0.4, -0.2) is 51.8 Å². The third kappa shape index (κ3) is 4.14. The van der Waals surface area contributed by atoms with Crippen LogP contribution in [-0.2, 0) is 24.3 Å². The van der Waals surface area contributed by atoms with Crippen molar-refractivity contribution in [1.29, 1.82) is 0 Å². The quantitative estimate of drug-likeness (QED) is 0.856. The maximum Gasteiger partial charge on any atom is 0.345 e. The van der Waals surface area contributed by atoms with Crippen molar-refractivity contribution < 1.29 is 4.79 Å². The molecule has 140 valence electrons. The minimum atomic E-state index is -0.0235. The highest BCUT2D eigenvalue weighted by Gasteiger charge is 2.40. The Kier molecular flexibility index (Phi) is 5.04. The summed E-state index contributed by atoms with van der Waals surface area (Å²) in [6.07, 6.45) is 4.35. The molecule has 1 atom stereocenters. The summed E-state index contributed by atoms with van der Waals surface area (Å²) in [6, 6.07) is 0.146. The van der Waals surface area contributed by atoms with Crippen LogP contribution in [0.5, 0.6) is 0 Å². The molecular formula is C18H31N5O2. The number of amides is 1. The lowest BCUT2D eigenvalue weighted by Gasteiger charge is -2.42. The average Bonchev–Trinajstić information content (AvgIpc) is 2.67. The van der Waals surface area contributed by atoms with Crippen LogP contribution in [0.4, 0.5) is 0 Å². The standard InChI is InChI=1S/C18H31N5O2/c1-18(2)11-13(12-18)16(24)19-14-5-6-15-20-23(10-9-21(3)4)17(25)22(15)8-7-14/h13-14H,5-12H2,1-4H3,(H,19,24). The lowest BCUT2D eigenvalue weighted by Crippen LogP contribution is -2.46. The molecule has 7 nitrogen and oxygen atoms in total. The predicted molar refractivity (Wildman–Crippen MR) is 96.4 cm³/mol. The second-order valence-corrected chi connectivity index (χ2v) is 8.68. The molecule has 3 rings (SSSR count). The number of hydrogen-bond acceptors (Lipinski definition) is 4. The molecule has 1 fully saturated rings. The molecule has 0 bridgehead atoms. The van der Waals surface area contributed by atoms with Crippen molar-refractivity contribution in [3.63, 3.8) is 0 Å². The zero-order chi connectivity index (χ0) is 18.2. The van der Waals surface area contributed by atoms with Crippen molar-refractivity contribution in [2.24, 2.45) is 11.3 Å². The van der Waals surface area contributed by atoms with Gasteiger partial charge in [0.25, 0.3) is 0 Å². The van der Waals surface area contributed by atoms with Gasteiger partial charge in [-0.2, -0.15) is 5.10 Å². The van der Waals surface area contributed by atoms with Crippen molar-refractivity contribution in [2.75, 3.05) is 20.6 Å². The van der Waals surface area contributed by atoms with E-state index in [0.29, 0.717) is 18.5 Å². The number of rotatable bonds is 5. The van der Waals surface area contributed by atoms with Crippen LogP contribution in [0.25, 0.3) is 0 Å². The summed E-state index contributed by atoms with van der Waals surface area (Å²) in [5.74, 6) is 1.20. The molecule has 1 aliphatic heterocycles. The van der Waals surface area contributed by atoms with Gasteiger partial charge in [-0.05, 0) is 45.2 Å². The zero-order valence-electron chi connectivity index (χ0n) is 15.9. The smallest absolute Gasteiger partial charge is 0.345 e. The highest BCUT2D eigenvalue weighted by atomic mass is 16.2. The van der Waals surface area contributed by atoms with Gasteiger partial charge in [0.15, 0.2) is 0 Å². The molecule has 1 N–H and O–H groups in total. The van der Waals surface area contributed by atoms with Gasteiger partial charge in [0.2, 0.25) is 5.91 Å². The first-order chi connectivity index (χ1) is 11.7. The van der Waals surface area contributed by atoms with Crippen molar-refractivity contribution in [2.45, 2.75) is 65.1 Å². The topological polar surface area (TPSA) is 72.2 Å². The maximum absolute atomic E-state index is 12.5. The van der Waals surface area contributed by atoms with E-state index in [0.717, 1.165) is 44.5 Å². The number of fused-ring (bicyclic) bond motifs is 1. The molecular weight excluding hydrogens is 318 g/mol. The number of aromatic nitrogens is 3. The number of nitrogens with one attached hydrogen (secondary N) is 1. The summed E-state index contributed by atoms with van der Waals surface area (Å²) < 4.78 is 3.36. The molecule has 1 aromatic heterocycles. The summed E-state index contributed by atoms with van der Waals surface area (Å²) in [7, 11) is 3.98. The van der Waals surface area contributed by atoms with Gasteiger partial charge < -0.3 is 10.2 Å². The van der Waals surface area contributed by atoms with Crippen molar-refractivity contribution in [1.82, 2.24) is 24.6 Å². The lowest BCUT2D eigenvalue weighted by molar-refractivity contribution is -0.132. The molecule has 1 aliphatic carbocycles. The Morgan fingerprint density at radius 2 is 2.04 bits per heavy atom. The fourth-order valence-electron chi connectivity index (χ4n) is 3.99. The van der Waals surface area contributed by atoms with E-state index in [9.17, 15) is 9.59 Å². The number of carbonyl (C=O) groups is 1. The van der Waals surface area contributed by atoms with E-state index >= 15 is 0 Å². The summed E-state index contributed by atoms with van der Waals surface area (Å²) in [6.45, 7) is 6.47. The molecule has 1 amide bonds. The number of nitrogens with zero attached hydrogens (tertiary/aromatic N) is 4. The minimum Gasteiger partial charge on any atom is -0.353 e. The molecule has 0 radical (unpaired) electrons. The summed E-state index contributed by atoms with van der Waals surface area (Å²) in [5, 5.41) is 7.71. The van der Waals surface area contributed by atoms with Crippen LogP contribution < -0.4 is 11.0 Å². The van der Waals surface area contributed by atoms with Crippen molar-refractivity contribution in [3.05, 3.63) is 16.3 Å². The molecule has 0 saturated heterocycles. The Labute approximate surface area is 149 Å². The molecule has 25 heavy (non-hydrogen) atoms. The van der Waals surface area contributed by atoms with Gasteiger partial charge in [-0.3, -0.25) is 9.36 Å². The zero-order valence-corrected chi connectivity index (χ0v) is 15.9. The number of likely N-dealkylation sites (N-methyl/N-ethyl adjacent to an activating group) is 1. The minimum absolute atomic E-state index is 0.0235. The fraction of sp³-hybridized carbons (Fsp3) is 0.833. The third-order valence-electron chi connectivity index (χ3n) is 5.49. The van der Waals surface area contributed by atoms with Gasteiger partial charge in [0.05, 0.1) is 6.54 Å². The Morgan fingerprint density at radius 3 is 2.68 bits per heavy atom. The number of carbonyl (C=O) groups excluding carboxylic acids is 1. The molecule has 1 saturated carbocycles.